The van der Waals surface area contributed by atoms with Gasteiger partial charge in [0, 0.05) is 23.5 Å². The van der Waals surface area contributed by atoms with Crippen LogP contribution < -0.4 is 0 Å². The Kier molecular flexibility index (Phi) is 21.4. The topological polar surface area (TPSA) is 375 Å². The van der Waals surface area contributed by atoms with Gasteiger partial charge in [0.05, 0.1) is 38.1 Å². The molecule has 0 bridgehead atoms. The van der Waals surface area contributed by atoms with Crippen LogP contribution in [0.1, 0.15) is 148 Å². The molecular weight excluding hydrogens is 1190 g/mol. The van der Waals surface area contributed by atoms with Crippen LogP contribution in [0.4, 0.5) is 0 Å². The second kappa shape index (κ2) is 27.1. The summed E-state index contributed by atoms with van der Waals surface area (Å²) in [5, 5.41) is 122. The number of allylic oxidation sites excluding steroid dienone is 4. The number of aliphatic hydroxyl groups is 11. The van der Waals surface area contributed by atoms with E-state index in [1.165, 1.54) is 19.4 Å². The van der Waals surface area contributed by atoms with Crippen LogP contribution in [0.2, 0.25) is 0 Å². The average Bonchev–Trinajstić information content (AvgIpc) is 0.675. The lowest BCUT2D eigenvalue weighted by atomic mass is 9.33. The summed E-state index contributed by atoms with van der Waals surface area (Å²) in [5.74, 6) is -2.18. The summed E-state index contributed by atoms with van der Waals surface area (Å²) in [7, 11) is 0. The molecule has 0 amide bonds. The fourth-order valence-electron chi connectivity index (χ4n) is 18.0. The lowest BCUT2D eigenvalue weighted by Gasteiger charge is -2.72. The van der Waals surface area contributed by atoms with Crippen LogP contribution in [0.3, 0.4) is 0 Å². The quantitative estimate of drug-likeness (QED) is 0.0346. The van der Waals surface area contributed by atoms with Gasteiger partial charge in [-0.2, -0.15) is 0 Å². The van der Waals surface area contributed by atoms with Gasteiger partial charge in [-0.1, -0.05) is 72.3 Å². The largest absolute Gasteiger partial charge is 0.459 e. The highest BCUT2D eigenvalue weighted by molar-refractivity contribution is 5.88. The summed E-state index contributed by atoms with van der Waals surface area (Å²) in [6.45, 7) is 24.4. The molecule has 9 rings (SSSR count). The van der Waals surface area contributed by atoms with E-state index in [0.717, 1.165) is 12.8 Å². The van der Waals surface area contributed by atoms with E-state index in [2.05, 4.69) is 40.7 Å². The van der Waals surface area contributed by atoms with Crippen molar-refractivity contribution >= 4 is 17.9 Å². The molecule has 518 valence electrons. The van der Waals surface area contributed by atoms with Gasteiger partial charge < -0.3 is 108 Å². The van der Waals surface area contributed by atoms with Crippen molar-refractivity contribution in [1.82, 2.24) is 0 Å². The predicted molar refractivity (Wildman–Crippen MR) is 319 cm³/mol. The normalized spacial score (nSPS) is 49.0. The highest BCUT2D eigenvalue weighted by atomic mass is 16.8. The average molecular weight is 1300 g/mol. The van der Waals surface area contributed by atoms with Gasteiger partial charge in [-0.25, -0.2) is 9.59 Å². The molecule has 11 N–H and O–H groups in total. The van der Waals surface area contributed by atoms with Gasteiger partial charge in [-0.3, -0.25) is 4.79 Å². The minimum Gasteiger partial charge on any atom is -0.459 e. The molecule has 9 aliphatic rings. The van der Waals surface area contributed by atoms with Crippen molar-refractivity contribution in [3.63, 3.8) is 0 Å². The van der Waals surface area contributed by atoms with E-state index in [0.29, 0.717) is 44.1 Å². The standard InChI is InChI=1S/C66H104O25/c1-15-29(3)55(79)87-49-32(6)82-59(48(78)51(49)88-56(80)30(4)16-2)91-53-54(83-33(7)70)66(28-69)24-23-64(13)34(35(66)25-61(53,8)9)17-18-39-63(12)21-20-40(62(10,11)38(63)19-22-65(39,64)14)86-60-52(90-58-47(77)45(75)42(72)36(26-67)84-58)50(43(73)37(27-68)85-60)89-57-46(76)44(74)41(71)31(5)81-57/h15-17,31-32,35-54,57-60,67-69,71-78H,18-28H2,1-14H3/t31-,32+,35+,36+,37+,38-,39+,40-,41-,42-,43+,44+,45-,46+,47+,48+,49-,50-,51+,52+,53-,54-,57+,58-,59-,60-,63-,64+,65+,66-/m0/s1. The van der Waals surface area contributed by atoms with Crippen molar-refractivity contribution in [1.29, 1.82) is 0 Å². The highest BCUT2D eigenvalue weighted by Gasteiger charge is 2.72. The number of aliphatic hydroxyl groups excluding tert-OH is 11. The number of rotatable bonds is 16. The third-order valence-corrected chi connectivity index (χ3v) is 23.9. The first kappa shape index (κ1) is 72.1. The molecule has 0 unspecified atom stereocenters. The van der Waals surface area contributed by atoms with Crippen LogP contribution in [-0.4, -0.2) is 235 Å². The summed E-state index contributed by atoms with van der Waals surface area (Å²) in [4.78, 5) is 40.0. The molecule has 4 heterocycles. The zero-order valence-corrected chi connectivity index (χ0v) is 55.2. The number of carbonyl (C=O) groups excluding carboxylic acids is 3. The van der Waals surface area contributed by atoms with Crippen LogP contribution >= 0.6 is 0 Å². The Hall–Kier alpha value is -3.13. The van der Waals surface area contributed by atoms with Crippen molar-refractivity contribution in [2.75, 3.05) is 19.8 Å². The number of carbonyl (C=O) groups is 3. The Morgan fingerprint density at radius 2 is 1.10 bits per heavy atom. The second-order valence-electron chi connectivity index (χ2n) is 29.7. The number of ether oxygens (including phenoxy) is 11. The maximum absolute atomic E-state index is 13.5. The molecule has 0 aromatic rings. The van der Waals surface area contributed by atoms with Gasteiger partial charge in [0.25, 0.3) is 0 Å². The van der Waals surface area contributed by atoms with E-state index in [9.17, 15) is 70.6 Å². The first-order chi connectivity index (χ1) is 42.6. The number of fused-ring (bicyclic) bond motifs is 7. The van der Waals surface area contributed by atoms with Gasteiger partial charge in [0.1, 0.15) is 85.5 Å². The van der Waals surface area contributed by atoms with Crippen molar-refractivity contribution in [2.45, 2.75) is 289 Å². The number of hydrogen-bond acceptors (Lipinski definition) is 25. The molecule has 8 fully saturated rings. The molecule has 0 aromatic heterocycles. The number of hydrogen-bond donors (Lipinski definition) is 11. The first-order valence-corrected chi connectivity index (χ1v) is 32.6. The van der Waals surface area contributed by atoms with Gasteiger partial charge in [-0.15, -0.1) is 0 Å². The van der Waals surface area contributed by atoms with Crippen LogP contribution in [0.5, 0.6) is 0 Å². The monoisotopic (exact) mass is 1300 g/mol. The zero-order valence-electron chi connectivity index (χ0n) is 55.2. The second-order valence-corrected chi connectivity index (χ2v) is 29.7. The minimum atomic E-state index is -1.92. The van der Waals surface area contributed by atoms with Crippen LogP contribution in [0.25, 0.3) is 0 Å². The van der Waals surface area contributed by atoms with E-state index in [-0.39, 0.29) is 40.8 Å². The maximum Gasteiger partial charge on any atom is 0.333 e. The Morgan fingerprint density at radius 1 is 0.549 bits per heavy atom. The molecule has 25 heteroatoms. The molecule has 25 nitrogen and oxygen atoms in total. The minimum absolute atomic E-state index is 0.0187. The molecule has 4 saturated carbocycles. The Morgan fingerprint density at radius 3 is 1.69 bits per heavy atom. The third-order valence-electron chi connectivity index (χ3n) is 23.9. The van der Waals surface area contributed by atoms with E-state index >= 15 is 0 Å². The van der Waals surface area contributed by atoms with Crippen LogP contribution in [-0.2, 0) is 66.5 Å². The summed E-state index contributed by atoms with van der Waals surface area (Å²) >= 11 is 0. The van der Waals surface area contributed by atoms with Crippen LogP contribution in [0.15, 0.2) is 34.9 Å². The maximum atomic E-state index is 13.5. The molecule has 30 atom stereocenters. The molecular formula is C66H104O25. The molecule has 0 radical (unpaired) electrons. The van der Waals surface area contributed by atoms with E-state index < -0.39 is 194 Å². The Bertz CT molecular complexity index is 2700. The summed E-state index contributed by atoms with van der Waals surface area (Å²) in [5.41, 5.74) is -1.81. The highest BCUT2D eigenvalue weighted by Crippen LogP contribution is 2.76. The first-order valence-electron chi connectivity index (χ1n) is 32.6. The Balaban J connectivity index is 0.996. The molecule has 4 aliphatic heterocycles. The van der Waals surface area contributed by atoms with Crippen molar-refractivity contribution < 1.29 is 123 Å². The van der Waals surface area contributed by atoms with E-state index in [4.69, 9.17) is 52.1 Å². The summed E-state index contributed by atoms with van der Waals surface area (Å²) < 4.78 is 69.1. The summed E-state index contributed by atoms with van der Waals surface area (Å²) in [6.07, 6.45) is -23.5. The molecule has 4 saturated heterocycles. The Labute approximate surface area is 533 Å². The lowest BCUT2D eigenvalue weighted by molar-refractivity contribution is -0.398. The third kappa shape index (κ3) is 12.5. The van der Waals surface area contributed by atoms with Crippen molar-refractivity contribution in [3.05, 3.63) is 34.9 Å². The summed E-state index contributed by atoms with van der Waals surface area (Å²) in [6, 6.07) is 0. The molecule has 0 aromatic carbocycles. The number of esters is 3. The van der Waals surface area contributed by atoms with Crippen molar-refractivity contribution in [2.24, 2.45) is 50.2 Å². The van der Waals surface area contributed by atoms with Gasteiger partial charge in [0.15, 0.2) is 37.4 Å². The van der Waals surface area contributed by atoms with Crippen LogP contribution in [0, 0.1) is 50.2 Å². The fraction of sp³-hybridized carbons (Fsp3) is 0.864. The molecule has 91 heavy (non-hydrogen) atoms. The molecule has 0 spiro atoms. The zero-order chi connectivity index (χ0) is 67.2. The van der Waals surface area contributed by atoms with Gasteiger partial charge in [-0.05, 0) is 138 Å². The van der Waals surface area contributed by atoms with Crippen molar-refractivity contribution in [3.8, 4) is 0 Å². The van der Waals surface area contributed by atoms with E-state index in [1.807, 2.05) is 13.8 Å². The molecule has 5 aliphatic carbocycles. The predicted octanol–water partition coefficient (Wildman–Crippen LogP) is 2.04. The van der Waals surface area contributed by atoms with E-state index in [1.54, 1.807) is 46.8 Å². The van der Waals surface area contributed by atoms with Gasteiger partial charge >= 0.3 is 17.9 Å². The fourth-order valence-corrected chi connectivity index (χ4v) is 18.0. The SMILES string of the molecule is CC=C(C)C(=O)O[C@@H]1[C@@H](O)[C@H](O[C@H]2[C@H](OC(C)=O)[C@]3(CO)CC[C@]4(C)C(=CC[C@@H]5[C@@]6(C)CC[C@H](O[C@@H]7O[C@H](CO)[C@@H](O)[C@H](O[C@H]8O[C@@H](C)[C@H](O)[C@@H](O)[C@H]8O)[C@H]7O[C@@H]7O[C@H](CO)[C@H](O)[C@H](O)[C@H]7O)C(C)(C)[C@@H]6CC[C@]54C)[C@H]3CC2(C)C)O[C@H](C)[C@@H]1OC(=O)C(C)=CC. The van der Waals surface area contributed by atoms with Gasteiger partial charge in [0.2, 0.25) is 0 Å². The lowest BCUT2D eigenvalue weighted by Crippen LogP contribution is -2.70. The smallest absolute Gasteiger partial charge is 0.333 e.